The third kappa shape index (κ3) is 1.38. The van der Waals surface area contributed by atoms with Gasteiger partial charge in [-0.3, -0.25) is 0 Å². The van der Waals surface area contributed by atoms with E-state index in [1.54, 1.807) is 6.26 Å². The molecule has 0 unspecified atom stereocenters. The number of oxazole rings is 1. The Labute approximate surface area is 61.3 Å². The van der Waals surface area contributed by atoms with Crippen LogP contribution in [0.1, 0.15) is 32.4 Å². The van der Waals surface area contributed by atoms with Gasteiger partial charge in [0.25, 0.3) is 0 Å². The number of aromatic nitrogens is 1. The van der Waals surface area contributed by atoms with Gasteiger partial charge in [-0.25, -0.2) is 4.98 Å². The Kier molecular flexibility index (Phi) is 1.55. The summed E-state index contributed by atoms with van der Waals surface area (Å²) in [5.74, 6) is 0.810. The van der Waals surface area contributed by atoms with Gasteiger partial charge in [-0.05, 0) is 6.92 Å². The van der Waals surface area contributed by atoms with E-state index in [0.717, 1.165) is 11.6 Å². The lowest BCUT2D eigenvalue weighted by Crippen LogP contribution is -2.11. The third-order valence-electron chi connectivity index (χ3n) is 1.26. The summed E-state index contributed by atoms with van der Waals surface area (Å²) in [6.45, 7) is 8.17. The van der Waals surface area contributed by atoms with Crippen molar-refractivity contribution in [3.05, 3.63) is 17.8 Å². The molecule has 0 N–H and O–H groups in total. The Morgan fingerprint density at radius 3 is 2.20 bits per heavy atom. The molecule has 0 atom stereocenters. The summed E-state index contributed by atoms with van der Waals surface area (Å²) in [7, 11) is 0. The first-order valence-corrected chi connectivity index (χ1v) is 3.43. The number of hydrogen-bond donors (Lipinski definition) is 0. The van der Waals surface area contributed by atoms with Crippen molar-refractivity contribution in [1.29, 1.82) is 0 Å². The summed E-state index contributed by atoms with van der Waals surface area (Å²) in [6, 6.07) is 0. The van der Waals surface area contributed by atoms with E-state index in [0.29, 0.717) is 0 Å². The van der Waals surface area contributed by atoms with E-state index >= 15 is 0 Å². The van der Waals surface area contributed by atoms with Gasteiger partial charge in [-0.2, -0.15) is 0 Å². The Morgan fingerprint density at radius 2 is 2.00 bits per heavy atom. The molecule has 0 saturated heterocycles. The average molecular weight is 139 g/mol. The zero-order chi connectivity index (χ0) is 7.78. The molecule has 10 heavy (non-hydrogen) atoms. The molecule has 0 saturated carbocycles. The lowest BCUT2D eigenvalue weighted by atomic mass is 9.97. The molecule has 56 valence electrons. The van der Waals surface area contributed by atoms with Gasteiger partial charge in [0, 0.05) is 5.41 Å². The van der Waals surface area contributed by atoms with Gasteiger partial charge in [0.05, 0.1) is 5.69 Å². The molecule has 0 aliphatic heterocycles. The van der Waals surface area contributed by atoms with Gasteiger partial charge in [-0.1, -0.05) is 20.8 Å². The highest BCUT2D eigenvalue weighted by Crippen LogP contribution is 2.20. The van der Waals surface area contributed by atoms with Crippen LogP contribution in [-0.2, 0) is 5.41 Å². The second-order valence-corrected chi connectivity index (χ2v) is 3.54. The highest BCUT2D eigenvalue weighted by molar-refractivity contribution is 5.01. The van der Waals surface area contributed by atoms with Crippen LogP contribution >= 0.6 is 0 Å². The van der Waals surface area contributed by atoms with Crippen LogP contribution < -0.4 is 0 Å². The van der Waals surface area contributed by atoms with Crippen LogP contribution in [0.5, 0.6) is 0 Å². The molecule has 2 heteroatoms. The Morgan fingerprint density at radius 1 is 1.40 bits per heavy atom. The van der Waals surface area contributed by atoms with Crippen molar-refractivity contribution in [1.82, 2.24) is 4.98 Å². The van der Waals surface area contributed by atoms with Crippen LogP contribution in [0.25, 0.3) is 0 Å². The number of nitrogens with zero attached hydrogens (tertiary/aromatic N) is 1. The average Bonchev–Trinajstić information content (AvgIpc) is 2.11. The Bertz CT molecular complexity index is 219. The van der Waals surface area contributed by atoms with Crippen molar-refractivity contribution in [3.8, 4) is 0 Å². The van der Waals surface area contributed by atoms with Crippen molar-refractivity contribution in [2.75, 3.05) is 0 Å². The fourth-order valence-electron chi connectivity index (χ4n) is 0.698. The van der Waals surface area contributed by atoms with Crippen LogP contribution in [0.4, 0.5) is 0 Å². The predicted octanol–water partition coefficient (Wildman–Crippen LogP) is 2.28. The van der Waals surface area contributed by atoms with E-state index in [1.807, 2.05) is 6.92 Å². The van der Waals surface area contributed by atoms with Gasteiger partial charge in [0.15, 0.2) is 5.89 Å². The van der Waals surface area contributed by atoms with Gasteiger partial charge >= 0.3 is 0 Å². The molecule has 1 heterocycles. The maximum atomic E-state index is 5.22. The van der Waals surface area contributed by atoms with E-state index in [1.165, 1.54) is 0 Å². The van der Waals surface area contributed by atoms with Crippen LogP contribution in [0.3, 0.4) is 0 Å². The lowest BCUT2D eigenvalue weighted by molar-refractivity contribution is 0.392. The molecule has 0 aliphatic rings. The largest absolute Gasteiger partial charge is 0.448 e. The van der Waals surface area contributed by atoms with Crippen molar-refractivity contribution >= 4 is 0 Å². The fraction of sp³-hybridized carbons (Fsp3) is 0.625. The highest BCUT2D eigenvalue weighted by atomic mass is 16.3. The minimum absolute atomic E-state index is 0.0360. The minimum atomic E-state index is 0.0360. The van der Waals surface area contributed by atoms with E-state index in [2.05, 4.69) is 25.8 Å². The summed E-state index contributed by atoms with van der Waals surface area (Å²) in [5.41, 5.74) is 0.985. The fourth-order valence-corrected chi connectivity index (χ4v) is 0.698. The highest BCUT2D eigenvalue weighted by Gasteiger charge is 2.18. The van der Waals surface area contributed by atoms with Crippen LogP contribution in [-0.4, -0.2) is 4.98 Å². The quantitative estimate of drug-likeness (QED) is 0.551. The number of hydrogen-bond acceptors (Lipinski definition) is 2. The maximum Gasteiger partial charge on any atom is 0.199 e. The summed E-state index contributed by atoms with van der Waals surface area (Å²) in [6.07, 6.45) is 1.68. The topological polar surface area (TPSA) is 26.0 Å². The van der Waals surface area contributed by atoms with Crippen molar-refractivity contribution in [2.24, 2.45) is 0 Å². The molecule has 0 aromatic carbocycles. The summed E-state index contributed by atoms with van der Waals surface area (Å²) in [5, 5.41) is 0. The van der Waals surface area contributed by atoms with E-state index in [4.69, 9.17) is 4.42 Å². The van der Waals surface area contributed by atoms with Crippen LogP contribution in [0, 0.1) is 6.92 Å². The standard InChI is InChI=1S/C8H13NO/c1-6-5-10-7(9-6)8(2,3)4/h5H,1-4H3. The first-order chi connectivity index (χ1) is 4.50. The first kappa shape index (κ1) is 7.32. The normalized spacial score (nSPS) is 12.0. The summed E-state index contributed by atoms with van der Waals surface area (Å²) in [4.78, 5) is 4.22. The monoisotopic (exact) mass is 139 g/mol. The summed E-state index contributed by atoms with van der Waals surface area (Å²) >= 11 is 0. The SMILES string of the molecule is Cc1coc(C(C)(C)C)n1. The van der Waals surface area contributed by atoms with Crippen molar-refractivity contribution < 1.29 is 4.42 Å². The molecular weight excluding hydrogens is 126 g/mol. The zero-order valence-corrected chi connectivity index (χ0v) is 6.93. The first-order valence-electron chi connectivity index (χ1n) is 3.43. The Balaban J connectivity index is 2.96. The molecule has 0 aliphatic carbocycles. The van der Waals surface area contributed by atoms with Gasteiger partial charge in [0.1, 0.15) is 6.26 Å². The lowest BCUT2D eigenvalue weighted by Gasteiger charge is -2.11. The third-order valence-corrected chi connectivity index (χ3v) is 1.26. The van der Waals surface area contributed by atoms with Gasteiger partial charge in [0.2, 0.25) is 0 Å². The van der Waals surface area contributed by atoms with Crippen LogP contribution in [0.2, 0.25) is 0 Å². The molecular formula is C8H13NO. The molecule has 2 nitrogen and oxygen atoms in total. The zero-order valence-electron chi connectivity index (χ0n) is 6.93. The van der Waals surface area contributed by atoms with E-state index < -0.39 is 0 Å². The smallest absolute Gasteiger partial charge is 0.199 e. The maximum absolute atomic E-state index is 5.22. The molecule has 0 bridgehead atoms. The molecule has 0 fully saturated rings. The van der Waals surface area contributed by atoms with Crippen LogP contribution in [0.15, 0.2) is 10.7 Å². The predicted molar refractivity (Wildman–Crippen MR) is 39.9 cm³/mol. The molecule has 0 spiro atoms. The second-order valence-electron chi connectivity index (χ2n) is 3.54. The summed E-state index contributed by atoms with van der Waals surface area (Å²) < 4.78 is 5.22. The van der Waals surface area contributed by atoms with E-state index in [9.17, 15) is 0 Å². The van der Waals surface area contributed by atoms with Crippen molar-refractivity contribution in [3.63, 3.8) is 0 Å². The Hall–Kier alpha value is -0.790. The number of rotatable bonds is 0. The van der Waals surface area contributed by atoms with Gasteiger partial charge < -0.3 is 4.42 Å². The van der Waals surface area contributed by atoms with E-state index in [-0.39, 0.29) is 5.41 Å². The molecule has 0 radical (unpaired) electrons. The second kappa shape index (κ2) is 2.11. The molecule has 0 amide bonds. The molecule has 1 aromatic rings. The molecule has 1 rings (SSSR count). The number of aryl methyl sites for hydroxylation is 1. The molecule has 1 aromatic heterocycles. The van der Waals surface area contributed by atoms with Gasteiger partial charge in [-0.15, -0.1) is 0 Å². The minimum Gasteiger partial charge on any atom is -0.448 e. The van der Waals surface area contributed by atoms with Crippen molar-refractivity contribution in [2.45, 2.75) is 33.1 Å².